The van der Waals surface area contributed by atoms with Crippen molar-refractivity contribution in [3.8, 4) is 0 Å². The molecule has 0 aliphatic heterocycles. The average molecular weight is 590 g/mol. The molecule has 1 aromatic carbocycles. The summed E-state index contributed by atoms with van der Waals surface area (Å²) in [6.07, 6.45) is 19.1. The Bertz CT molecular complexity index is 1160. The Balaban J connectivity index is 1.47. The Morgan fingerprint density at radius 1 is 0.780 bits per heavy atom. The van der Waals surface area contributed by atoms with Crippen LogP contribution in [0.1, 0.15) is 127 Å². The van der Waals surface area contributed by atoms with Gasteiger partial charge in [0.25, 0.3) is 10.0 Å². The lowest BCUT2D eigenvalue weighted by Gasteiger charge is -2.19. The van der Waals surface area contributed by atoms with E-state index in [1.807, 2.05) is 32.9 Å². The number of carboxylic acid groups (broad SMARTS) is 1. The summed E-state index contributed by atoms with van der Waals surface area (Å²) in [6, 6.07) is 6.77. The number of aromatic carboxylic acids is 1. The van der Waals surface area contributed by atoms with E-state index >= 15 is 0 Å². The summed E-state index contributed by atoms with van der Waals surface area (Å²) < 4.78 is 32.7. The lowest BCUT2D eigenvalue weighted by molar-refractivity contribution is -0.154. The normalized spacial score (nSPS) is 11.8. The zero-order chi connectivity index (χ0) is 30.1. The maximum absolute atomic E-state index is 12.6. The minimum absolute atomic E-state index is 0.0878. The fraction of sp³-hybridized carbons (Fsp3) is 0.613. The van der Waals surface area contributed by atoms with Gasteiger partial charge >= 0.3 is 11.9 Å². The van der Waals surface area contributed by atoms with Gasteiger partial charge in [0.05, 0.1) is 10.5 Å². The van der Waals surface area contributed by atoms with Gasteiger partial charge in [-0.15, -0.1) is 0 Å². The fourth-order valence-electron chi connectivity index (χ4n) is 4.44. The Morgan fingerprint density at radius 3 is 1.71 bits per heavy atom. The van der Waals surface area contributed by atoms with Gasteiger partial charge in [-0.25, -0.2) is 27.9 Å². The molecule has 1 heterocycles. The molecule has 0 aliphatic carbocycles. The van der Waals surface area contributed by atoms with Crippen molar-refractivity contribution in [3.05, 3.63) is 47.8 Å². The predicted octanol–water partition coefficient (Wildman–Crippen LogP) is 7.32. The molecule has 0 atom stereocenters. The number of carbonyl (C=O) groups excluding carboxylic acids is 1. The molecule has 0 radical (unpaired) electrons. The number of ether oxygens (including phenoxy) is 1. The molecule has 0 aliphatic rings. The standard InChI is InChI=1S/C31H47N3O6S/c1-31(2,3)40-28(35)18-16-14-12-10-8-6-4-5-7-9-11-13-15-17-25-19-21-27(22-20-25)41(38,39)34-30-32-23-26(24-33-30)29(36)37/h19-24H,4-18H2,1-3H3,(H,36,37)(H,32,33,34). The van der Waals surface area contributed by atoms with Crippen molar-refractivity contribution in [2.45, 2.75) is 128 Å². The zero-order valence-electron chi connectivity index (χ0n) is 24.9. The van der Waals surface area contributed by atoms with E-state index in [4.69, 9.17) is 9.84 Å². The first kappa shape index (κ1) is 34.2. The summed E-state index contributed by atoms with van der Waals surface area (Å²) in [5.41, 5.74) is 0.584. The summed E-state index contributed by atoms with van der Waals surface area (Å²) in [4.78, 5) is 30.2. The number of anilines is 1. The third-order valence-corrected chi connectivity index (χ3v) is 7.97. The Morgan fingerprint density at radius 2 is 1.24 bits per heavy atom. The minimum Gasteiger partial charge on any atom is -0.478 e. The molecule has 0 saturated heterocycles. The highest BCUT2D eigenvalue weighted by Gasteiger charge is 2.17. The van der Waals surface area contributed by atoms with E-state index in [2.05, 4.69) is 14.7 Å². The van der Waals surface area contributed by atoms with E-state index in [9.17, 15) is 18.0 Å². The number of unbranched alkanes of at least 4 members (excludes halogenated alkanes) is 12. The second-order valence-corrected chi connectivity index (χ2v) is 13.2. The van der Waals surface area contributed by atoms with Gasteiger partial charge < -0.3 is 9.84 Å². The molecule has 0 saturated carbocycles. The lowest BCUT2D eigenvalue weighted by atomic mass is 10.0. The van der Waals surface area contributed by atoms with Crippen LogP contribution in [0.2, 0.25) is 0 Å². The average Bonchev–Trinajstić information content (AvgIpc) is 2.90. The van der Waals surface area contributed by atoms with Crippen molar-refractivity contribution in [1.29, 1.82) is 0 Å². The molecule has 0 unspecified atom stereocenters. The molecule has 1 aromatic heterocycles. The van der Waals surface area contributed by atoms with E-state index in [0.29, 0.717) is 6.42 Å². The molecule has 2 aromatic rings. The number of carboxylic acids is 1. The van der Waals surface area contributed by atoms with E-state index < -0.39 is 16.0 Å². The molecule has 10 heteroatoms. The Kier molecular flexibility index (Phi) is 14.8. The molecule has 0 amide bonds. The molecular weight excluding hydrogens is 542 g/mol. The second kappa shape index (κ2) is 17.7. The van der Waals surface area contributed by atoms with Crippen LogP contribution < -0.4 is 4.72 Å². The van der Waals surface area contributed by atoms with Crippen molar-refractivity contribution in [2.75, 3.05) is 4.72 Å². The largest absolute Gasteiger partial charge is 0.478 e. The van der Waals surface area contributed by atoms with Crippen LogP contribution in [0.5, 0.6) is 0 Å². The van der Waals surface area contributed by atoms with Gasteiger partial charge in [0.15, 0.2) is 0 Å². The van der Waals surface area contributed by atoms with Crippen LogP contribution >= 0.6 is 0 Å². The summed E-state index contributed by atoms with van der Waals surface area (Å²) in [5, 5.41) is 8.89. The van der Waals surface area contributed by atoms with Crippen LogP contribution in [0.4, 0.5) is 5.95 Å². The van der Waals surface area contributed by atoms with Crippen molar-refractivity contribution in [3.63, 3.8) is 0 Å². The quantitative estimate of drug-likeness (QED) is 0.121. The zero-order valence-corrected chi connectivity index (χ0v) is 25.7. The first-order valence-electron chi connectivity index (χ1n) is 14.9. The van der Waals surface area contributed by atoms with Gasteiger partial charge in [-0.2, -0.15) is 0 Å². The highest BCUT2D eigenvalue weighted by atomic mass is 32.2. The first-order chi connectivity index (χ1) is 19.5. The molecule has 0 bridgehead atoms. The van der Waals surface area contributed by atoms with Gasteiger partial charge in [0.1, 0.15) is 5.60 Å². The van der Waals surface area contributed by atoms with Crippen molar-refractivity contribution >= 4 is 27.9 Å². The van der Waals surface area contributed by atoms with Gasteiger partial charge in [0, 0.05) is 18.8 Å². The third-order valence-electron chi connectivity index (χ3n) is 6.62. The number of hydrogen-bond donors (Lipinski definition) is 2. The molecule has 0 fully saturated rings. The maximum Gasteiger partial charge on any atom is 0.338 e. The number of nitrogens with zero attached hydrogens (tertiary/aromatic N) is 2. The molecular formula is C31H47N3O6S. The highest BCUT2D eigenvalue weighted by Crippen LogP contribution is 2.17. The van der Waals surface area contributed by atoms with Gasteiger partial charge in [-0.05, 0) is 57.7 Å². The molecule has 2 N–H and O–H groups in total. The van der Waals surface area contributed by atoms with E-state index in [0.717, 1.165) is 50.1 Å². The van der Waals surface area contributed by atoms with E-state index in [-0.39, 0.29) is 28.0 Å². The number of benzene rings is 1. The van der Waals surface area contributed by atoms with Crippen LogP contribution in [0.25, 0.3) is 0 Å². The Hall–Kier alpha value is -3.01. The van der Waals surface area contributed by atoms with Crippen molar-refractivity contribution in [2.24, 2.45) is 0 Å². The van der Waals surface area contributed by atoms with Crippen LogP contribution in [-0.4, -0.2) is 41.0 Å². The van der Waals surface area contributed by atoms with Crippen LogP contribution in [0.3, 0.4) is 0 Å². The van der Waals surface area contributed by atoms with Gasteiger partial charge in [-0.1, -0.05) is 82.8 Å². The van der Waals surface area contributed by atoms with Crippen molar-refractivity contribution in [1.82, 2.24) is 9.97 Å². The molecule has 9 nitrogen and oxygen atoms in total. The first-order valence-corrected chi connectivity index (χ1v) is 16.3. The molecule has 2 rings (SSSR count). The van der Waals surface area contributed by atoms with Gasteiger partial charge in [-0.3, -0.25) is 4.79 Å². The minimum atomic E-state index is -3.86. The lowest BCUT2D eigenvalue weighted by Crippen LogP contribution is -2.23. The Labute approximate surface area is 245 Å². The van der Waals surface area contributed by atoms with E-state index in [1.54, 1.807) is 12.1 Å². The second-order valence-electron chi connectivity index (χ2n) is 11.5. The number of carbonyl (C=O) groups is 2. The fourth-order valence-corrected chi connectivity index (χ4v) is 5.40. The number of nitrogens with one attached hydrogen (secondary N) is 1. The molecule has 0 spiro atoms. The number of aromatic nitrogens is 2. The number of sulfonamides is 1. The van der Waals surface area contributed by atoms with E-state index in [1.165, 1.54) is 57.8 Å². The number of aryl methyl sites for hydroxylation is 1. The van der Waals surface area contributed by atoms with Gasteiger partial charge in [0.2, 0.25) is 5.95 Å². The predicted molar refractivity (Wildman–Crippen MR) is 160 cm³/mol. The summed E-state index contributed by atoms with van der Waals surface area (Å²) in [6.45, 7) is 5.71. The van der Waals surface area contributed by atoms with Crippen molar-refractivity contribution < 1.29 is 27.9 Å². The smallest absolute Gasteiger partial charge is 0.338 e. The summed E-state index contributed by atoms with van der Waals surface area (Å²) >= 11 is 0. The highest BCUT2D eigenvalue weighted by molar-refractivity contribution is 7.92. The van der Waals surface area contributed by atoms with Crippen LogP contribution in [0, 0.1) is 0 Å². The van der Waals surface area contributed by atoms with Crippen LogP contribution in [-0.2, 0) is 26.0 Å². The summed E-state index contributed by atoms with van der Waals surface area (Å²) in [5.74, 6) is -1.45. The SMILES string of the molecule is CC(C)(C)OC(=O)CCCCCCCCCCCCCCCc1ccc(S(=O)(=O)Nc2ncc(C(=O)O)cn2)cc1. The maximum atomic E-state index is 12.6. The number of rotatable bonds is 20. The topological polar surface area (TPSA) is 136 Å². The number of esters is 1. The molecule has 228 valence electrons. The monoisotopic (exact) mass is 589 g/mol. The third kappa shape index (κ3) is 15.0. The van der Waals surface area contributed by atoms with Crippen LogP contribution in [0.15, 0.2) is 41.6 Å². The summed E-state index contributed by atoms with van der Waals surface area (Å²) in [7, 11) is -3.86. The molecule has 41 heavy (non-hydrogen) atoms. The number of hydrogen-bond acceptors (Lipinski definition) is 7.